The fraction of sp³-hybridized carbons (Fsp3) is 0.533. The van der Waals surface area contributed by atoms with Crippen LogP contribution in [0.15, 0.2) is 18.2 Å². The molecule has 2 rings (SSSR count). The summed E-state index contributed by atoms with van der Waals surface area (Å²) >= 11 is 0. The van der Waals surface area contributed by atoms with E-state index >= 15 is 0 Å². The lowest BCUT2D eigenvalue weighted by Crippen LogP contribution is -2.40. The highest BCUT2D eigenvalue weighted by molar-refractivity contribution is 5.82. The number of nitrogens with zero attached hydrogens (tertiary/aromatic N) is 2. The number of piperidine rings is 1. The van der Waals surface area contributed by atoms with Crippen molar-refractivity contribution in [3.63, 3.8) is 0 Å². The summed E-state index contributed by atoms with van der Waals surface area (Å²) in [6.07, 6.45) is -2.87. The van der Waals surface area contributed by atoms with E-state index in [0.29, 0.717) is 25.1 Å². The highest BCUT2D eigenvalue weighted by Gasteiger charge is 2.33. The van der Waals surface area contributed by atoms with Gasteiger partial charge in [-0.05, 0) is 30.9 Å². The lowest BCUT2D eigenvalue weighted by molar-refractivity contribution is -0.384. The van der Waals surface area contributed by atoms with Crippen LogP contribution in [0.4, 0.5) is 24.5 Å². The number of carbonyl (C=O) groups is 1. The number of halogens is 3. The molecule has 132 valence electrons. The normalized spacial score (nSPS) is 16.1. The van der Waals surface area contributed by atoms with Crippen molar-refractivity contribution in [1.82, 2.24) is 4.90 Å². The third-order valence-electron chi connectivity index (χ3n) is 4.09. The summed E-state index contributed by atoms with van der Waals surface area (Å²) < 4.78 is 37.9. The van der Waals surface area contributed by atoms with E-state index in [1.165, 1.54) is 0 Å². The molecule has 0 bridgehead atoms. The first-order valence-corrected chi connectivity index (χ1v) is 7.55. The fourth-order valence-corrected chi connectivity index (χ4v) is 2.55. The molecule has 0 aromatic heterocycles. The molecule has 1 aliphatic heterocycles. The summed E-state index contributed by atoms with van der Waals surface area (Å²) in [6, 6.07) is 2.20. The van der Waals surface area contributed by atoms with Crippen LogP contribution in [-0.2, 0) is 11.0 Å². The molecule has 0 spiro atoms. The van der Waals surface area contributed by atoms with Crippen molar-refractivity contribution in [2.75, 3.05) is 25.0 Å². The molecule has 6 nitrogen and oxygen atoms in total. The van der Waals surface area contributed by atoms with Crippen molar-refractivity contribution in [3.05, 3.63) is 33.9 Å². The van der Waals surface area contributed by atoms with Crippen molar-refractivity contribution in [2.24, 2.45) is 5.92 Å². The smallest absolute Gasteiger partial charge is 0.371 e. The first-order valence-electron chi connectivity index (χ1n) is 7.55. The summed E-state index contributed by atoms with van der Waals surface area (Å²) in [5, 5.41) is 13.6. The van der Waals surface area contributed by atoms with Gasteiger partial charge in [-0.15, -0.1) is 0 Å². The van der Waals surface area contributed by atoms with Gasteiger partial charge in [-0.2, -0.15) is 13.2 Å². The van der Waals surface area contributed by atoms with Crippen LogP contribution < -0.4 is 5.32 Å². The number of hydrogen-bond acceptors (Lipinski definition) is 4. The molecule has 1 heterocycles. The molecular weight excluding hydrogens is 327 g/mol. The zero-order valence-corrected chi connectivity index (χ0v) is 13.1. The molecule has 1 N–H and O–H groups in total. The van der Waals surface area contributed by atoms with E-state index in [-0.39, 0.29) is 18.1 Å². The number of nitro benzene ring substituents is 1. The molecule has 24 heavy (non-hydrogen) atoms. The number of carbonyl (C=O) groups excluding carboxylic acids is 1. The molecule has 1 aromatic rings. The maximum Gasteiger partial charge on any atom is 0.416 e. The van der Waals surface area contributed by atoms with Crippen molar-refractivity contribution in [3.8, 4) is 0 Å². The van der Waals surface area contributed by atoms with E-state index in [0.717, 1.165) is 25.0 Å². The lowest BCUT2D eigenvalue weighted by Gasteiger charge is -2.30. The van der Waals surface area contributed by atoms with Crippen LogP contribution in [0, 0.1) is 16.0 Å². The van der Waals surface area contributed by atoms with Crippen molar-refractivity contribution >= 4 is 17.3 Å². The fourth-order valence-electron chi connectivity index (χ4n) is 2.55. The van der Waals surface area contributed by atoms with Crippen LogP contribution in [0.1, 0.15) is 25.3 Å². The van der Waals surface area contributed by atoms with E-state index in [4.69, 9.17) is 0 Å². The monoisotopic (exact) mass is 345 g/mol. The number of likely N-dealkylation sites (tertiary alicyclic amines) is 1. The molecule has 0 saturated carbocycles. The van der Waals surface area contributed by atoms with E-state index < -0.39 is 22.4 Å². The maximum atomic E-state index is 12.6. The molecule has 9 heteroatoms. The van der Waals surface area contributed by atoms with Crippen molar-refractivity contribution in [1.29, 1.82) is 0 Å². The van der Waals surface area contributed by atoms with E-state index in [9.17, 15) is 28.1 Å². The van der Waals surface area contributed by atoms with Crippen LogP contribution in [-0.4, -0.2) is 35.4 Å². The summed E-state index contributed by atoms with van der Waals surface area (Å²) in [5.41, 5.74) is -1.91. The second-order valence-electron chi connectivity index (χ2n) is 5.90. The van der Waals surface area contributed by atoms with Crippen LogP contribution in [0.5, 0.6) is 0 Å². The number of alkyl halides is 3. The van der Waals surface area contributed by atoms with Crippen LogP contribution in [0.3, 0.4) is 0 Å². The summed E-state index contributed by atoms with van der Waals surface area (Å²) in [5.74, 6) is 0.328. The Morgan fingerprint density at radius 1 is 1.38 bits per heavy atom. The van der Waals surface area contributed by atoms with E-state index in [1.807, 2.05) is 0 Å². The van der Waals surface area contributed by atoms with Gasteiger partial charge in [0, 0.05) is 19.2 Å². The highest BCUT2D eigenvalue weighted by Crippen LogP contribution is 2.34. The second kappa shape index (κ2) is 7.06. The molecule has 1 saturated heterocycles. The average molecular weight is 345 g/mol. The van der Waals surface area contributed by atoms with Gasteiger partial charge in [0.05, 0.1) is 17.0 Å². The van der Waals surface area contributed by atoms with Gasteiger partial charge in [0.1, 0.15) is 5.69 Å². The molecule has 1 fully saturated rings. The second-order valence-corrected chi connectivity index (χ2v) is 5.90. The Bertz CT molecular complexity index is 626. The summed E-state index contributed by atoms with van der Waals surface area (Å²) in [7, 11) is 0. The van der Waals surface area contributed by atoms with Gasteiger partial charge in [-0.25, -0.2) is 0 Å². The third kappa shape index (κ3) is 4.36. The maximum absolute atomic E-state index is 12.6. The number of nitrogens with one attached hydrogen (secondary N) is 1. The van der Waals surface area contributed by atoms with Gasteiger partial charge in [0.25, 0.3) is 5.69 Å². The Labute approximate surface area is 136 Å². The van der Waals surface area contributed by atoms with Crippen LogP contribution in [0.25, 0.3) is 0 Å². The van der Waals surface area contributed by atoms with Gasteiger partial charge >= 0.3 is 6.18 Å². The molecular formula is C15H18F3N3O3. The first kappa shape index (κ1) is 18.0. The third-order valence-corrected chi connectivity index (χ3v) is 4.09. The molecule has 1 aromatic carbocycles. The largest absolute Gasteiger partial charge is 0.416 e. The van der Waals surface area contributed by atoms with Gasteiger partial charge in [0.15, 0.2) is 0 Å². The van der Waals surface area contributed by atoms with Crippen molar-refractivity contribution in [2.45, 2.75) is 25.9 Å². The lowest BCUT2D eigenvalue weighted by atomic mass is 9.99. The summed E-state index contributed by atoms with van der Waals surface area (Å²) in [4.78, 5) is 23.8. The van der Waals surface area contributed by atoms with Gasteiger partial charge < -0.3 is 10.2 Å². The minimum absolute atomic E-state index is 0.105. The number of hydrogen-bond donors (Lipinski definition) is 1. The predicted octanol–water partition coefficient (Wildman–Crippen LogP) is 3.28. The predicted molar refractivity (Wildman–Crippen MR) is 81.6 cm³/mol. The Morgan fingerprint density at radius 3 is 2.54 bits per heavy atom. The number of rotatable bonds is 4. The van der Waals surface area contributed by atoms with E-state index in [2.05, 4.69) is 12.2 Å². The number of amides is 1. The minimum Gasteiger partial charge on any atom is -0.371 e. The topological polar surface area (TPSA) is 75.5 Å². The molecule has 0 unspecified atom stereocenters. The molecule has 0 aliphatic carbocycles. The number of nitro groups is 1. The molecule has 0 atom stereocenters. The Kier molecular flexibility index (Phi) is 5.30. The Morgan fingerprint density at radius 2 is 2.00 bits per heavy atom. The highest BCUT2D eigenvalue weighted by atomic mass is 19.4. The quantitative estimate of drug-likeness (QED) is 0.671. The molecule has 1 amide bonds. The average Bonchev–Trinajstić information content (AvgIpc) is 2.52. The minimum atomic E-state index is -4.66. The Hall–Kier alpha value is -2.32. The zero-order chi connectivity index (χ0) is 17.9. The molecule has 1 aliphatic rings. The standard InChI is InChI=1S/C15H18F3N3O3/c1-10-4-6-20(7-5-10)14(22)9-19-12-3-2-11(15(16,17)18)8-13(12)21(23)24/h2-3,8,10,19H,4-7,9H2,1H3. The zero-order valence-electron chi connectivity index (χ0n) is 13.1. The van der Waals surface area contributed by atoms with Gasteiger partial charge in [0.2, 0.25) is 5.91 Å². The van der Waals surface area contributed by atoms with E-state index in [1.54, 1.807) is 4.90 Å². The molecule has 0 radical (unpaired) electrons. The Balaban J connectivity index is 2.06. The first-order chi connectivity index (χ1) is 11.2. The van der Waals surface area contributed by atoms with Crippen molar-refractivity contribution < 1.29 is 22.9 Å². The SMILES string of the molecule is CC1CCN(C(=O)CNc2ccc(C(F)(F)F)cc2[N+](=O)[O-])CC1. The van der Waals surface area contributed by atoms with Crippen LogP contribution in [0.2, 0.25) is 0 Å². The van der Waals surface area contributed by atoms with Gasteiger partial charge in [-0.3, -0.25) is 14.9 Å². The van der Waals surface area contributed by atoms with Gasteiger partial charge in [-0.1, -0.05) is 6.92 Å². The number of anilines is 1. The summed E-state index contributed by atoms with van der Waals surface area (Å²) in [6.45, 7) is 3.15. The number of benzene rings is 1. The van der Waals surface area contributed by atoms with Crippen LogP contribution >= 0.6 is 0 Å².